The van der Waals surface area contributed by atoms with Gasteiger partial charge in [-0.1, -0.05) is 12.1 Å². The lowest BCUT2D eigenvalue weighted by molar-refractivity contribution is 0.165. The van der Waals surface area contributed by atoms with Gasteiger partial charge < -0.3 is 10.8 Å². The van der Waals surface area contributed by atoms with Gasteiger partial charge in [0.1, 0.15) is 0 Å². The Balaban J connectivity index is 2.09. The number of aliphatic hydroxyl groups excluding tert-OH is 1. The average Bonchev–Trinajstić information content (AvgIpc) is 2.38. The van der Waals surface area contributed by atoms with Crippen LogP contribution in [0.3, 0.4) is 0 Å². The number of piperidine rings is 1. The van der Waals surface area contributed by atoms with Crippen LogP contribution in [-0.2, 0) is 15.8 Å². The van der Waals surface area contributed by atoms with Gasteiger partial charge in [-0.05, 0) is 36.5 Å². The summed E-state index contributed by atoms with van der Waals surface area (Å²) in [5.74, 6) is 0.0280. The molecule has 0 aliphatic carbocycles. The Morgan fingerprint density at radius 3 is 2.89 bits per heavy atom. The summed E-state index contributed by atoms with van der Waals surface area (Å²) in [5.41, 5.74) is 6.93. The highest BCUT2D eigenvalue weighted by molar-refractivity contribution is 7.88. The lowest BCUT2D eigenvalue weighted by Gasteiger charge is -2.31. The minimum absolute atomic E-state index is 0.0316. The van der Waals surface area contributed by atoms with Gasteiger partial charge in [-0.15, -0.1) is 0 Å². The van der Waals surface area contributed by atoms with E-state index in [-0.39, 0.29) is 18.3 Å². The minimum Gasteiger partial charge on any atom is -0.399 e. The van der Waals surface area contributed by atoms with E-state index in [2.05, 4.69) is 0 Å². The van der Waals surface area contributed by atoms with Gasteiger partial charge in [-0.25, -0.2) is 12.7 Å². The molecule has 1 saturated heterocycles. The van der Waals surface area contributed by atoms with E-state index < -0.39 is 10.0 Å². The molecule has 1 unspecified atom stereocenters. The Morgan fingerprint density at radius 2 is 2.21 bits per heavy atom. The van der Waals surface area contributed by atoms with Crippen molar-refractivity contribution < 1.29 is 13.5 Å². The average molecular weight is 284 g/mol. The first-order valence-electron chi connectivity index (χ1n) is 6.44. The molecule has 1 heterocycles. The summed E-state index contributed by atoms with van der Waals surface area (Å²) in [4.78, 5) is 0. The van der Waals surface area contributed by atoms with E-state index in [4.69, 9.17) is 10.8 Å². The number of anilines is 1. The first kappa shape index (κ1) is 14.3. The van der Waals surface area contributed by atoms with Gasteiger partial charge in [0.2, 0.25) is 10.0 Å². The van der Waals surface area contributed by atoms with Crippen molar-refractivity contribution in [2.45, 2.75) is 18.6 Å². The third-order valence-electron chi connectivity index (χ3n) is 3.43. The third kappa shape index (κ3) is 3.68. The van der Waals surface area contributed by atoms with Crippen molar-refractivity contribution in [1.29, 1.82) is 0 Å². The highest BCUT2D eigenvalue weighted by atomic mass is 32.2. The van der Waals surface area contributed by atoms with Gasteiger partial charge >= 0.3 is 0 Å². The van der Waals surface area contributed by atoms with Crippen LogP contribution in [0.5, 0.6) is 0 Å². The first-order chi connectivity index (χ1) is 9.01. The van der Waals surface area contributed by atoms with Crippen LogP contribution >= 0.6 is 0 Å². The zero-order valence-electron chi connectivity index (χ0n) is 10.8. The quantitative estimate of drug-likeness (QED) is 0.801. The maximum absolute atomic E-state index is 12.3. The maximum atomic E-state index is 12.3. The summed E-state index contributed by atoms with van der Waals surface area (Å²) in [6.07, 6.45) is 1.70. The SMILES string of the molecule is Nc1cccc(CS(=O)(=O)N2CCCC(CO)C2)c1. The number of nitrogens with zero attached hydrogens (tertiary/aromatic N) is 1. The summed E-state index contributed by atoms with van der Waals surface area (Å²) < 4.78 is 26.1. The van der Waals surface area contributed by atoms with Crippen molar-refractivity contribution in [3.8, 4) is 0 Å². The van der Waals surface area contributed by atoms with E-state index in [0.29, 0.717) is 24.3 Å². The third-order valence-corrected chi connectivity index (χ3v) is 5.25. The summed E-state index contributed by atoms with van der Waals surface area (Å²) >= 11 is 0. The van der Waals surface area contributed by atoms with E-state index in [9.17, 15) is 8.42 Å². The van der Waals surface area contributed by atoms with Crippen molar-refractivity contribution in [2.24, 2.45) is 5.92 Å². The Bertz CT molecular complexity index is 530. The number of rotatable bonds is 4. The molecule has 0 amide bonds. The lowest BCUT2D eigenvalue weighted by Crippen LogP contribution is -2.41. The molecule has 1 atom stereocenters. The van der Waals surface area contributed by atoms with Crippen molar-refractivity contribution in [1.82, 2.24) is 4.31 Å². The second kappa shape index (κ2) is 5.90. The molecule has 0 bridgehead atoms. The number of hydrogen-bond acceptors (Lipinski definition) is 4. The number of hydrogen-bond donors (Lipinski definition) is 2. The summed E-state index contributed by atoms with van der Waals surface area (Å²) in [6.45, 7) is 1.01. The molecule has 6 heteroatoms. The molecule has 1 aliphatic heterocycles. The van der Waals surface area contributed by atoms with Crippen LogP contribution in [-0.4, -0.2) is 37.5 Å². The molecular formula is C13H20N2O3S. The summed E-state index contributed by atoms with van der Waals surface area (Å²) in [5, 5.41) is 9.16. The molecule has 1 aliphatic rings. The van der Waals surface area contributed by atoms with E-state index in [0.717, 1.165) is 12.8 Å². The molecule has 3 N–H and O–H groups in total. The van der Waals surface area contributed by atoms with Crippen molar-refractivity contribution >= 4 is 15.7 Å². The van der Waals surface area contributed by atoms with Gasteiger partial charge in [0.15, 0.2) is 0 Å². The van der Waals surface area contributed by atoms with Crippen LogP contribution < -0.4 is 5.73 Å². The van der Waals surface area contributed by atoms with E-state index in [1.54, 1.807) is 24.3 Å². The topological polar surface area (TPSA) is 83.6 Å². The fourth-order valence-electron chi connectivity index (χ4n) is 2.41. The highest BCUT2D eigenvalue weighted by Crippen LogP contribution is 2.21. The fourth-order valence-corrected chi connectivity index (χ4v) is 4.04. The molecule has 0 aromatic heterocycles. The largest absolute Gasteiger partial charge is 0.399 e. The Hall–Kier alpha value is -1.11. The van der Waals surface area contributed by atoms with Crippen LogP contribution in [0, 0.1) is 5.92 Å². The normalized spacial score (nSPS) is 21.4. The maximum Gasteiger partial charge on any atom is 0.218 e. The van der Waals surface area contributed by atoms with Crippen molar-refractivity contribution in [3.05, 3.63) is 29.8 Å². The molecule has 1 aromatic carbocycles. The number of sulfonamides is 1. The number of aliphatic hydroxyl groups is 1. The molecule has 1 fully saturated rings. The second-order valence-corrected chi connectivity index (χ2v) is 7.02. The fraction of sp³-hybridized carbons (Fsp3) is 0.538. The predicted octanol–water partition coefficient (Wildman–Crippen LogP) is 0.803. The smallest absolute Gasteiger partial charge is 0.218 e. The van der Waals surface area contributed by atoms with Crippen LogP contribution in [0.25, 0.3) is 0 Å². The van der Waals surface area contributed by atoms with Gasteiger partial charge in [-0.3, -0.25) is 0 Å². The van der Waals surface area contributed by atoms with E-state index in [1.165, 1.54) is 4.31 Å². The van der Waals surface area contributed by atoms with Crippen LogP contribution in [0.1, 0.15) is 18.4 Å². The Morgan fingerprint density at radius 1 is 1.42 bits per heavy atom. The number of nitrogen functional groups attached to an aromatic ring is 1. The van der Waals surface area contributed by atoms with Crippen molar-refractivity contribution in [3.63, 3.8) is 0 Å². The molecule has 5 nitrogen and oxygen atoms in total. The Kier molecular flexibility index (Phi) is 4.44. The molecule has 0 spiro atoms. The van der Waals surface area contributed by atoms with Gasteiger partial charge in [-0.2, -0.15) is 0 Å². The minimum atomic E-state index is -3.33. The lowest BCUT2D eigenvalue weighted by atomic mass is 10.0. The summed E-state index contributed by atoms with van der Waals surface area (Å²) in [7, 11) is -3.33. The Labute approximate surface area is 114 Å². The zero-order valence-corrected chi connectivity index (χ0v) is 11.6. The molecule has 19 heavy (non-hydrogen) atoms. The molecule has 0 saturated carbocycles. The highest BCUT2D eigenvalue weighted by Gasteiger charge is 2.28. The van der Waals surface area contributed by atoms with Crippen LogP contribution in [0.4, 0.5) is 5.69 Å². The molecule has 1 aromatic rings. The molecule has 0 radical (unpaired) electrons. The number of nitrogens with two attached hydrogens (primary N) is 1. The molecule has 106 valence electrons. The van der Waals surface area contributed by atoms with E-state index in [1.807, 2.05) is 0 Å². The monoisotopic (exact) mass is 284 g/mol. The van der Waals surface area contributed by atoms with Gasteiger partial charge in [0, 0.05) is 25.4 Å². The molecular weight excluding hydrogens is 264 g/mol. The van der Waals surface area contributed by atoms with Gasteiger partial charge in [0.05, 0.1) is 5.75 Å². The van der Waals surface area contributed by atoms with Crippen LogP contribution in [0.15, 0.2) is 24.3 Å². The summed E-state index contributed by atoms with van der Waals surface area (Å²) in [6, 6.07) is 6.94. The van der Waals surface area contributed by atoms with E-state index >= 15 is 0 Å². The second-order valence-electron chi connectivity index (χ2n) is 5.05. The number of benzene rings is 1. The standard InChI is InChI=1S/C13H20N2O3S/c14-13-5-1-3-11(7-13)10-19(17,18)15-6-2-4-12(8-15)9-16/h1,3,5,7,12,16H,2,4,6,8-10,14H2. The first-order valence-corrected chi connectivity index (χ1v) is 8.05. The van der Waals surface area contributed by atoms with Gasteiger partial charge in [0.25, 0.3) is 0 Å². The zero-order chi connectivity index (χ0) is 13.9. The molecule has 2 rings (SSSR count). The predicted molar refractivity (Wildman–Crippen MR) is 74.9 cm³/mol. The van der Waals surface area contributed by atoms with Crippen LogP contribution in [0.2, 0.25) is 0 Å². The van der Waals surface area contributed by atoms with Crippen molar-refractivity contribution in [2.75, 3.05) is 25.4 Å².